The van der Waals surface area contributed by atoms with Crippen LogP contribution in [-0.4, -0.2) is 31.8 Å². The number of sulfone groups is 1. The van der Waals surface area contributed by atoms with Crippen LogP contribution >= 0.6 is 0 Å². The van der Waals surface area contributed by atoms with Crippen LogP contribution in [0.15, 0.2) is 29.2 Å². The number of anilines is 1. The van der Waals surface area contributed by atoms with Gasteiger partial charge in [0.05, 0.1) is 16.5 Å². The van der Waals surface area contributed by atoms with Crippen LogP contribution in [0.1, 0.15) is 25.7 Å². The molecule has 0 radical (unpaired) electrons. The van der Waals surface area contributed by atoms with Crippen molar-refractivity contribution >= 4 is 21.5 Å². The Morgan fingerprint density at radius 1 is 1.20 bits per heavy atom. The molecule has 0 saturated heterocycles. The molecule has 20 heavy (non-hydrogen) atoms. The van der Waals surface area contributed by atoms with Gasteiger partial charge in [-0.05, 0) is 37.8 Å². The Hall–Kier alpha value is -1.56. The smallest absolute Gasteiger partial charge is 0.306 e. The summed E-state index contributed by atoms with van der Waals surface area (Å²) < 4.78 is 23.4. The van der Waals surface area contributed by atoms with Crippen molar-refractivity contribution in [1.82, 2.24) is 0 Å². The molecule has 0 aliphatic heterocycles. The van der Waals surface area contributed by atoms with Gasteiger partial charge in [-0.2, -0.15) is 0 Å². The van der Waals surface area contributed by atoms with Crippen molar-refractivity contribution in [3.8, 4) is 0 Å². The van der Waals surface area contributed by atoms with Gasteiger partial charge in [0.25, 0.3) is 0 Å². The van der Waals surface area contributed by atoms with E-state index in [2.05, 4.69) is 5.32 Å². The number of carboxylic acids is 1. The molecule has 1 saturated carbocycles. The summed E-state index contributed by atoms with van der Waals surface area (Å²) in [4.78, 5) is 11.2. The molecule has 2 N–H and O–H groups in total. The lowest BCUT2D eigenvalue weighted by Crippen LogP contribution is -2.29. The predicted octanol–water partition coefficient (Wildman–Crippen LogP) is 2.15. The first kappa shape index (κ1) is 14.8. The number of aliphatic carboxylic acids is 1. The van der Waals surface area contributed by atoms with Crippen molar-refractivity contribution in [3.63, 3.8) is 0 Å². The number of carboxylic acid groups (broad SMARTS) is 1. The Labute approximate surface area is 118 Å². The van der Waals surface area contributed by atoms with Crippen LogP contribution in [0.2, 0.25) is 0 Å². The second-order valence-corrected chi connectivity index (χ2v) is 7.28. The molecule has 0 amide bonds. The summed E-state index contributed by atoms with van der Waals surface area (Å²) in [6, 6.07) is 6.96. The van der Waals surface area contributed by atoms with Crippen LogP contribution in [0.25, 0.3) is 0 Å². The van der Waals surface area contributed by atoms with Crippen LogP contribution in [0.4, 0.5) is 5.69 Å². The van der Waals surface area contributed by atoms with Crippen LogP contribution in [0.3, 0.4) is 0 Å². The molecule has 2 rings (SSSR count). The fourth-order valence-corrected chi connectivity index (χ4v) is 3.47. The molecule has 0 spiro atoms. The molecule has 1 aromatic carbocycles. The summed E-state index contributed by atoms with van der Waals surface area (Å²) in [6.07, 6.45) is 3.95. The Kier molecular flexibility index (Phi) is 4.32. The molecule has 0 heterocycles. The first-order chi connectivity index (χ1) is 9.38. The van der Waals surface area contributed by atoms with Crippen molar-refractivity contribution in [3.05, 3.63) is 24.3 Å². The lowest BCUT2D eigenvalue weighted by molar-refractivity contribution is -0.142. The quantitative estimate of drug-likeness (QED) is 0.889. The molecule has 5 nitrogen and oxygen atoms in total. The standard InChI is InChI=1S/C14H19NO4S/c1-20(18,19)13-5-3-2-4-12(13)15-11-8-6-10(7-9-11)14(16)17/h2-5,10-11,15H,6-9H2,1H3,(H,16,17). The minimum absolute atomic E-state index is 0.133. The Balaban J connectivity index is 2.07. The molecule has 1 aromatic rings. The first-order valence-corrected chi connectivity index (χ1v) is 8.55. The Morgan fingerprint density at radius 3 is 2.35 bits per heavy atom. The molecule has 1 aliphatic rings. The highest BCUT2D eigenvalue weighted by molar-refractivity contribution is 7.90. The summed E-state index contributed by atoms with van der Waals surface area (Å²) in [7, 11) is -3.27. The average Bonchev–Trinajstić information content (AvgIpc) is 2.38. The number of carbonyl (C=O) groups is 1. The van der Waals surface area contributed by atoms with E-state index in [-0.39, 0.29) is 12.0 Å². The van der Waals surface area contributed by atoms with Gasteiger partial charge in [0.1, 0.15) is 0 Å². The van der Waals surface area contributed by atoms with Crippen LogP contribution in [-0.2, 0) is 14.6 Å². The summed E-state index contributed by atoms with van der Waals surface area (Å²) in [6.45, 7) is 0. The number of para-hydroxylation sites is 1. The van der Waals surface area contributed by atoms with Crippen LogP contribution in [0, 0.1) is 5.92 Å². The summed E-state index contributed by atoms with van der Waals surface area (Å²) in [5, 5.41) is 12.2. The Bertz CT molecular complexity index is 589. The largest absolute Gasteiger partial charge is 0.481 e. The lowest BCUT2D eigenvalue weighted by Gasteiger charge is -2.28. The zero-order valence-electron chi connectivity index (χ0n) is 11.4. The number of hydrogen-bond donors (Lipinski definition) is 2. The molecule has 110 valence electrons. The molecule has 1 fully saturated rings. The summed E-state index contributed by atoms with van der Waals surface area (Å²) in [5.41, 5.74) is 0.605. The molecular formula is C14H19NO4S. The van der Waals surface area contributed by atoms with E-state index >= 15 is 0 Å². The minimum Gasteiger partial charge on any atom is -0.481 e. The van der Waals surface area contributed by atoms with Gasteiger partial charge in [-0.3, -0.25) is 4.79 Å². The monoisotopic (exact) mass is 297 g/mol. The SMILES string of the molecule is CS(=O)(=O)c1ccccc1NC1CCC(C(=O)O)CC1. The van der Waals surface area contributed by atoms with Gasteiger partial charge in [0, 0.05) is 12.3 Å². The topological polar surface area (TPSA) is 83.5 Å². The van der Waals surface area contributed by atoms with Gasteiger partial charge in [-0.15, -0.1) is 0 Å². The van der Waals surface area contributed by atoms with E-state index in [0.29, 0.717) is 23.4 Å². The van der Waals surface area contributed by atoms with E-state index in [1.165, 1.54) is 6.26 Å². The maximum Gasteiger partial charge on any atom is 0.306 e. The van der Waals surface area contributed by atoms with Crippen molar-refractivity contribution in [2.75, 3.05) is 11.6 Å². The van der Waals surface area contributed by atoms with E-state index in [9.17, 15) is 13.2 Å². The summed E-state index contributed by atoms with van der Waals surface area (Å²) in [5.74, 6) is -1.00. The second kappa shape index (κ2) is 5.83. The first-order valence-electron chi connectivity index (χ1n) is 6.66. The minimum atomic E-state index is -3.27. The normalized spacial score (nSPS) is 23.2. The van der Waals surface area contributed by atoms with Crippen LogP contribution < -0.4 is 5.32 Å². The third kappa shape index (κ3) is 3.50. The molecule has 1 aliphatic carbocycles. The highest BCUT2D eigenvalue weighted by Crippen LogP contribution is 2.29. The van der Waals surface area contributed by atoms with Gasteiger partial charge in [-0.25, -0.2) is 8.42 Å². The van der Waals surface area contributed by atoms with Gasteiger partial charge in [0.2, 0.25) is 0 Å². The third-order valence-electron chi connectivity index (χ3n) is 3.72. The van der Waals surface area contributed by atoms with E-state index in [4.69, 9.17) is 5.11 Å². The highest BCUT2D eigenvalue weighted by atomic mass is 32.2. The summed E-state index contributed by atoms with van der Waals surface area (Å²) >= 11 is 0. The number of hydrogen-bond acceptors (Lipinski definition) is 4. The van der Waals surface area contributed by atoms with Gasteiger partial charge >= 0.3 is 5.97 Å². The number of benzene rings is 1. The molecular weight excluding hydrogens is 278 g/mol. The fourth-order valence-electron chi connectivity index (χ4n) is 2.61. The molecule has 0 unspecified atom stereocenters. The van der Waals surface area contributed by atoms with Gasteiger partial charge < -0.3 is 10.4 Å². The van der Waals surface area contributed by atoms with E-state index in [1.54, 1.807) is 24.3 Å². The Morgan fingerprint density at radius 2 is 1.80 bits per heavy atom. The number of rotatable bonds is 4. The fraction of sp³-hybridized carbons (Fsp3) is 0.500. The maximum absolute atomic E-state index is 11.7. The van der Waals surface area contributed by atoms with Gasteiger partial charge in [-0.1, -0.05) is 12.1 Å². The zero-order chi connectivity index (χ0) is 14.8. The molecule has 0 atom stereocenters. The third-order valence-corrected chi connectivity index (χ3v) is 4.88. The molecule has 0 aromatic heterocycles. The van der Waals surface area contributed by atoms with E-state index in [1.807, 2.05) is 0 Å². The molecule has 6 heteroatoms. The van der Waals surface area contributed by atoms with Gasteiger partial charge in [0.15, 0.2) is 9.84 Å². The van der Waals surface area contributed by atoms with Crippen molar-refractivity contribution < 1.29 is 18.3 Å². The van der Waals surface area contributed by atoms with Crippen molar-refractivity contribution in [2.45, 2.75) is 36.6 Å². The van der Waals surface area contributed by atoms with Crippen molar-refractivity contribution in [1.29, 1.82) is 0 Å². The average molecular weight is 297 g/mol. The zero-order valence-corrected chi connectivity index (χ0v) is 12.2. The predicted molar refractivity (Wildman–Crippen MR) is 76.6 cm³/mol. The highest BCUT2D eigenvalue weighted by Gasteiger charge is 2.26. The van der Waals surface area contributed by atoms with Crippen LogP contribution in [0.5, 0.6) is 0 Å². The van der Waals surface area contributed by atoms with E-state index in [0.717, 1.165) is 12.8 Å². The molecule has 0 bridgehead atoms. The van der Waals surface area contributed by atoms with E-state index < -0.39 is 15.8 Å². The second-order valence-electron chi connectivity index (χ2n) is 5.30. The number of nitrogens with one attached hydrogen (secondary N) is 1. The lowest BCUT2D eigenvalue weighted by atomic mass is 9.86. The maximum atomic E-state index is 11.7. The van der Waals surface area contributed by atoms with Crippen molar-refractivity contribution in [2.24, 2.45) is 5.92 Å².